The van der Waals surface area contributed by atoms with Gasteiger partial charge in [-0.1, -0.05) is 171 Å². The Kier molecular flexibility index (Phi) is 12.8. The van der Waals surface area contributed by atoms with Crippen molar-refractivity contribution in [1.29, 1.82) is 0 Å². The predicted molar refractivity (Wildman–Crippen MR) is 189 cm³/mol. The molecule has 0 heteroatoms. The van der Waals surface area contributed by atoms with Crippen molar-refractivity contribution < 1.29 is 0 Å². The Balaban J connectivity index is 1.77. The molecule has 0 saturated carbocycles. The van der Waals surface area contributed by atoms with Gasteiger partial charge in [0.15, 0.2) is 0 Å². The van der Waals surface area contributed by atoms with Gasteiger partial charge in [-0.3, -0.25) is 0 Å². The molecule has 3 aromatic rings. The number of unbranched alkanes of at least 4 members (excludes halogenated alkanes) is 12. The number of aryl methyl sites for hydroxylation is 1. The molecule has 0 nitrogen and oxygen atoms in total. The van der Waals surface area contributed by atoms with E-state index in [1.807, 2.05) is 0 Å². The van der Waals surface area contributed by atoms with Gasteiger partial charge in [0.25, 0.3) is 0 Å². The van der Waals surface area contributed by atoms with Crippen molar-refractivity contribution in [2.24, 2.45) is 0 Å². The van der Waals surface area contributed by atoms with Crippen molar-refractivity contribution in [3.05, 3.63) is 76.4 Å². The normalized spacial score (nSPS) is 14.0. The van der Waals surface area contributed by atoms with Crippen LogP contribution < -0.4 is 0 Å². The van der Waals surface area contributed by atoms with E-state index in [0.29, 0.717) is 0 Å². The second kappa shape index (κ2) is 16.5. The summed E-state index contributed by atoms with van der Waals surface area (Å²) >= 11 is 0. The quantitative estimate of drug-likeness (QED) is 0.127. The summed E-state index contributed by atoms with van der Waals surface area (Å²) in [4.78, 5) is 0. The number of benzene rings is 3. The van der Waals surface area contributed by atoms with Gasteiger partial charge < -0.3 is 0 Å². The summed E-state index contributed by atoms with van der Waals surface area (Å²) in [6, 6.07) is 19.3. The molecule has 3 aromatic carbocycles. The molecule has 0 heterocycles. The van der Waals surface area contributed by atoms with E-state index in [0.717, 1.165) is 0 Å². The van der Waals surface area contributed by atoms with Gasteiger partial charge in [-0.2, -0.15) is 0 Å². The highest BCUT2D eigenvalue weighted by molar-refractivity contribution is 6.04. The molecule has 0 radical (unpaired) electrons. The molecule has 42 heavy (non-hydrogen) atoms. The van der Waals surface area contributed by atoms with E-state index in [9.17, 15) is 0 Å². The largest absolute Gasteiger partial charge is 0.0727 e. The van der Waals surface area contributed by atoms with E-state index >= 15 is 0 Å². The maximum absolute atomic E-state index is 2.62. The summed E-state index contributed by atoms with van der Waals surface area (Å²) in [7, 11) is 0. The molecule has 0 amide bonds. The van der Waals surface area contributed by atoms with Crippen LogP contribution in [0.5, 0.6) is 0 Å². The van der Waals surface area contributed by atoms with Crippen LogP contribution in [0.25, 0.3) is 28.0 Å². The molecule has 0 unspecified atom stereocenters. The molecular formula is C42H60. The average Bonchev–Trinajstić information content (AvgIpc) is 3.25. The molecule has 0 spiro atoms. The Morgan fingerprint density at radius 2 is 1.19 bits per heavy atom. The number of hydrogen-bond donors (Lipinski definition) is 0. The maximum atomic E-state index is 2.62. The average molecular weight is 565 g/mol. The van der Waals surface area contributed by atoms with Crippen LogP contribution in [0.3, 0.4) is 0 Å². The van der Waals surface area contributed by atoms with E-state index in [-0.39, 0.29) is 5.41 Å². The van der Waals surface area contributed by atoms with Gasteiger partial charge in [0.1, 0.15) is 0 Å². The first-order chi connectivity index (χ1) is 20.6. The highest BCUT2D eigenvalue weighted by Crippen LogP contribution is 2.57. The standard InChI is InChI=1S/C42H60/c1-6-9-12-14-16-21-28-42(29-22-17-15-13-10-7-2)39-32-35(30-33(4)23-18-11-8-3)26-27-38(39)41-37-25-20-19-24-36(37)34(5)31-40(41)42/h19-20,24-27,30-32H,6-18,21-23,28-29H2,1-5H3. The van der Waals surface area contributed by atoms with Crippen LogP contribution in [-0.2, 0) is 5.41 Å². The summed E-state index contributed by atoms with van der Waals surface area (Å²) < 4.78 is 0. The van der Waals surface area contributed by atoms with Crippen molar-refractivity contribution in [2.75, 3.05) is 0 Å². The van der Waals surface area contributed by atoms with Crippen LogP contribution in [0.2, 0.25) is 0 Å². The zero-order valence-corrected chi connectivity index (χ0v) is 27.9. The van der Waals surface area contributed by atoms with Gasteiger partial charge in [-0.05, 0) is 83.7 Å². The fourth-order valence-corrected chi connectivity index (χ4v) is 7.72. The van der Waals surface area contributed by atoms with Crippen molar-refractivity contribution >= 4 is 16.8 Å². The van der Waals surface area contributed by atoms with Crippen LogP contribution in [0, 0.1) is 6.92 Å². The topological polar surface area (TPSA) is 0 Å². The maximum Gasteiger partial charge on any atom is 0.0215 e. The van der Waals surface area contributed by atoms with E-state index < -0.39 is 0 Å². The van der Waals surface area contributed by atoms with Crippen LogP contribution in [0.4, 0.5) is 0 Å². The molecule has 1 aliphatic rings. The molecule has 0 atom stereocenters. The molecule has 4 rings (SSSR count). The molecular weight excluding hydrogens is 504 g/mol. The third kappa shape index (κ3) is 7.78. The number of fused-ring (bicyclic) bond motifs is 5. The first-order valence-corrected chi connectivity index (χ1v) is 17.9. The lowest BCUT2D eigenvalue weighted by Gasteiger charge is -2.33. The lowest BCUT2D eigenvalue weighted by molar-refractivity contribution is 0.398. The fourth-order valence-electron chi connectivity index (χ4n) is 7.72. The summed E-state index contributed by atoms with van der Waals surface area (Å²) in [5.74, 6) is 0. The number of hydrogen-bond acceptors (Lipinski definition) is 0. The number of rotatable bonds is 19. The monoisotopic (exact) mass is 564 g/mol. The Morgan fingerprint density at radius 1 is 0.619 bits per heavy atom. The summed E-state index contributed by atoms with van der Waals surface area (Å²) in [6.07, 6.45) is 26.6. The minimum absolute atomic E-state index is 0.134. The SMILES string of the molecule is CCCCCCCCC1(CCCCCCCC)c2cc(C=C(C)CCCCC)ccc2-c2c1cc(C)c1ccccc21. The minimum atomic E-state index is 0.134. The predicted octanol–water partition coefficient (Wildman–Crippen LogP) is 13.9. The second-order valence-electron chi connectivity index (χ2n) is 13.5. The highest BCUT2D eigenvalue weighted by atomic mass is 14.5. The highest BCUT2D eigenvalue weighted by Gasteiger charge is 2.43. The van der Waals surface area contributed by atoms with Crippen LogP contribution >= 0.6 is 0 Å². The van der Waals surface area contributed by atoms with Gasteiger partial charge in [-0.15, -0.1) is 0 Å². The van der Waals surface area contributed by atoms with Crippen molar-refractivity contribution in [1.82, 2.24) is 0 Å². The van der Waals surface area contributed by atoms with E-state index in [1.165, 1.54) is 149 Å². The molecule has 1 aliphatic carbocycles. The Bertz CT molecular complexity index is 1270. The summed E-state index contributed by atoms with van der Waals surface area (Å²) in [6.45, 7) is 11.6. The number of allylic oxidation sites excluding steroid dienone is 1. The third-order valence-electron chi connectivity index (χ3n) is 10.1. The minimum Gasteiger partial charge on any atom is -0.0727 e. The fraction of sp³-hybridized carbons (Fsp3) is 0.571. The Labute approximate surface area is 259 Å². The smallest absolute Gasteiger partial charge is 0.0215 e. The van der Waals surface area contributed by atoms with Gasteiger partial charge in [-0.25, -0.2) is 0 Å². The van der Waals surface area contributed by atoms with Gasteiger partial charge >= 0.3 is 0 Å². The second-order valence-corrected chi connectivity index (χ2v) is 13.5. The molecule has 0 aliphatic heterocycles. The van der Waals surface area contributed by atoms with Crippen molar-refractivity contribution in [3.8, 4) is 11.1 Å². The van der Waals surface area contributed by atoms with E-state index in [2.05, 4.69) is 89.2 Å². The summed E-state index contributed by atoms with van der Waals surface area (Å²) in [5.41, 5.74) is 10.8. The van der Waals surface area contributed by atoms with Crippen LogP contribution in [0.1, 0.15) is 166 Å². The third-order valence-corrected chi connectivity index (χ3v) is 10.1. The van der Waals surface area contributed by atoms with Crippen molar-refractivity contribution in [2.45, 2.75) is 156 Å². The molecule has 0 fully saturated rings. The first kappa shape index (κ1) is 32.6. The molecule has 0 aromatic heterocycles. The Morgan fingerprint density at radius 3 is 1.83 bits per heavy atom. The molecule has 0 N–H and O–H groups in total. The molecule has 0 bridgehead atoms. The van der Waals surface area contributed by atoms with Crippen LogP contribution in [-0.4, -0.2) is 0 Å². The van der Waals surface area contributed by atoms with E-state index in [4.69, 9.17) is 0 Å². The van der Waals surface area contributed by atoms with Gasteiger partial charge in [0, 0.05) is 5.41 Å². The van der Waals surface area contributed by atoms with Gasteiger partial charge in [0.2, 0.25) is 0 Å². The Hall–Kier alpha value is -2.34. The first-order valence-electron chi connectivity index (χ1n) is 17.9. The lowest BCUT2D eigenvalue weighted by Crippen LogP contribution is -2.26. The van der Waals surface area contributed by atoms with Crippen LogP contribution in [0.15, 0.2) is 54.1 Å². The zero-order chi connectivity index (χ0) is 29.8. The summed E-state index contributed by atoms with van der Waals surface area (Å²) in [5, 5.41) is 2.88. The lowest BCUT2D eigenvalue weighted by atomic mass is 9.70. The zero-order valence-electron chi connectivity index (χ0n) is 27.9. The van der Waals surface area contributed by atoms with Crippen molar-refractivity contribution in [3.63, 3.8) is 0 Å². The van der Waals surface area contributed by atoms with Gasteiger partial charge in [0.05, 0.1) is 0 Å². The molecule has 228 valence electrons. The molecule has 0 saturated heterocycles. The van der Waals surface area contributed by atoms with E-state index in [1.54, 1.807) is 16.7 Å².